The van der Waals surface area contributed by atoms with Crippen molar-refractivity contribution >= 4 is 17.7 Å². The Morgan fingerprint density at radius 3 is 1.96 bits per heavy atom. The molecule has 0 bridgehead atoms. The van der Waals surface area contributed by atoms with Crippen LogP contribution in [0.3, 0.4) is 0 Å². The molecule has 7 aliphatic rings. The van der Waals surface area contributed by atoms with Crippen molar-refractivity contribution in [3.8, 4) is 0 Å². The maximum absolute atomic E-state index is 2.64. The van der Waals surface area contributed by atoms with Gasteiger partial charge in [0.1, 0.15) is 0 Å². The largest absolute Gasteiger partial charge is 0.338 e. The predicted octanol–water partition coefficient (Wildman–Crippen LogP) is 11.7. The average molecular weight is 653 g/mol. The molecule has 0 fully saturated rings. The molecule has 2 aromatic rings. The SMILES string of the molecule is C1=CCC(C2=CCC(N(C3=CCC(C4=CCC(n5c6c(c7c5C=CCC7)CCC=C6)C=C4)C=C3)C3=CC=C(c4ccccc4)CC3)C=C2)C=C1. The van der Waals surface area contributed by atoms with E-state index in [1.54, 1.807) is 11.1 Å². The van der Waals surface area contributed by atoms with Gasteiger partial charge in [-0.15, -0.1) is 0 Å². The summed E-state index contributed by atoms with van der Waals surface area (Å²) >= 11 is 0. The van der Waals surface area contributed by atoms with Crippen molar-refractivity contribution in [3.63, 3.8) is 0 Å². The molecule has 1 aromatic carbocycles. The van der Waals surface area contributed by atoms with Crippen LogP contribution in [0.2, 0.25) is 0 Å². The van der Waals surface area contributed by atoms with Gasteiger partial charge in [-0.2, -0.15) is 0 Å². The minimum Gasteiger partial charge on any atom is -0.338 e. The summed E-state index contributed by atoms with van der Waals surface area (Å²) in [4.78, 5) is 2.64. The molecule has 7 aliphatic carbocycles. The summed E-state index contributed by atoms with van der Waals surface area (Å²) in [6.07, 6.45) is 56.6. The number of benzene rings is 1. The standard InChI is InChI=1S/C48H48N2/c1-3-11-35(12-4-1)37-19-27-41(28-20-37)49(42-29-21-38(22-30-42)36-13-5-2-6-14-36)43-31-23-39(24-32-43)40-25-33-44(34-26-40)50-47-17-9-7-15-45(47)46-16-8-10-18-48(46)50/h1-6,9-13,17-19,21-23,25-27,29,31-33,36,39,42,44H,7-8,14-16,20,24,28,30,34H2. The Hall–Kier alpha value is -4.82. The number of nitrogens with zero attached hydrogens (tertiary/aromatic N) is 2. The van der Waals surface area contributed by atoms with Gasteiger partial charge in [0.05, 0.1) is 12.1 Å². The molecule has 1 aromatic heterocycles. The second-order valence-corrected chi connectivity index (χ2v) is 14.8. The highest BCUT2D eigenvalue weighted by molar-refractivity contribution is 5.69. The molecule has 0 amide bonds. The van der Waals surface area contributed by atoms with E-state index in [4.69, 9.17) is 0 Å². The van der Waals surface area contributed by atoms with Crippen LogP contribution in [0.5, 0.6) is 0 Å². The van der Waals surface area contributed by atoms with Gasteiger partial charge in [-0.05, 0) is 122 Å². The molecular weight excluding hydrogens is 605 g/mol. The van der Waals surface area contributed by atoms with Crippen molar-refractivity contribution < 1.29 is 0 Å². The molecule has 4 atom stereocenters. The predicted molar refractivity (Wildman–Crippen MR) is 211 cm³/mol. The van der Waals surface area contributed by atoms with Crippen LogP contribution in [0.4, 0.5) is 0 Å². The van der Waals surface area contributed by atoms with Gasteiger partial charge >= 0.3 is 0 Å². The molecule has 0 saturated heterocycles. The van der Waals surface area contributed by atoms with Gasteiger partial charge in [-0.1, -0.05) is 121 Å². The zero-order valence-electron chi connectivity index (χ0n) is 29.1. The van der Waals surface area contributed by atoms with Gasteiger partial charge in [0.2, 0.25) is 0 Å². The second-order valence-electron chi connectivity index (χ2n) is 14.8. The Morgan fingerprint density at radius 2 is 1.34 bits per heavy atom. The van der Waals surface area contributed by atoms with Crippen LogP contribution in [0.15, 0.2) is 156 Å². The lowest BCUT2D eigenvalue weighted by atomic mass is 9.85. The fourth-order valence-electron chi connectivity index (χ4n) is 9.19. The van der Waals surface area contributed by atoms with Crippen LogP contribution in [-0.4, -0.2) is 15.5 Å². The van der Waals surface area contributed by atoms with Crippen LogP contribution in [-0.2, 0) is 12.8 Å². The zero-order chi connectivity index (χ0) is 33.3. The summed E-state index contributed by atoms with van der Waals surface area (Å²) in [6, 6.07) is 11.6. The molecule has 250 valence electrons. The molecule has 0 N–H and O–H groups in total. The first-order valence-electron chi connectivity index (χ1n) is 19.1. The lowest BCUT2D eigenvalue weighted by Gasteiger charge is -2.38. The van der Waals surface area contributed by atoms with Crippen molar-refractivity contribution in [2.45, 2.75) is 76.3 Å². The van der Waals surface area contributed by atoms with Crippen molar-refractivity contribution in [2.24, 2.45) is 11.8 Å². The summed E-state index contributed by atoms with van der Waals surface area (Å²) in [7, 11) is 0. The summed E-state index contributed by atoms with van der Waals surface area (Å²) in [5.74, 6) is 0.928. The van der Waals surface area contributed by atoms with Crippen LogP contribution in [0.1, 0.15) is 85.5 Å². The summed E-state index contributed by atoms with van der Waals surface area (Å²) in [5.41, 5.74) is 14.6. The van der Waals surface area contributed by atoms with Gasteiger partial charge in [0, 0.05) is 34.6 Å². The Labute approximate surface area is 298 Å². The van der Waals surface area contributed by atoms with E-state index in [2.05, 4.69) is 155 Å². The molecule has 0 radical (unpaired) electrons. The van der Waals surface area contributed by atoms with E-state index in [0.29, 0.717) is 23.9 Å². The normalized spacial score (nSPS) is 26.4. The fraction of sp³-hybridized carbons (Fsp3) is 0.292. The van der Waals surface area contributed by atoms with E-state index >= 15 is 0 Å². The molecular formula is C48H48N2. The third-order valence-corrected chi connectivity index (χ3v) is 11.8. The van der Waals surface area contributed by atoms with Crippen LogP contribution in [0, 0.1) is 11.8 Å². The number of rotatable bonds is 7. The molecule has 9 rings (SSSR count). The van der Waals surface area contributed by atoms with Gasteiger partial charge in [0.25, 0.3) is 0 Å². The van der Waals surface area contributed by atoms with E-state index in [1.807, 2.05) is 0 Å². The van der Waals surface area contributed by atoms with E-state index in [0.717, 1.165) is 38.5 Å². The Bertz CT molecular complexity index is 1980. The van der Waals surface area contributed by atoms with Gasteiger partial charge in [-0.3, -0.25) is 0 Å². The molecule has 0 spiro atoms. The lowest BCUT2D eigenvalue weighted by molar-refractivity contribution is 0.354. The first-order valence-corrected chi connectivity index (χ1v) is 19.1. The number of hydrogen-bond donors (Lipinski definition) is 0. The van der Waals surface area contributed by atoms with Gasteiger partial charge in [0.15, 0.2) is 0 Å². The second kappa shape index (κ2) is 13.8. The number of hydrogen-bond acceptors (Lipinski definition) is 1. The minimum absolute atomic E-state index is 0.323. The summed E-state index contributed by atoms with van der Waals surface area (Å²) in [5, 5.41) is 0. The minimum atomic E-state index is 0.323. The van der Waals surface area contributed by atoms with Crippen LogP contribution in [0.25, 0.3) is 17.7 Å². The van der Waals surface area contributed by atoms with Crippen molar-refractivity contribution in [3.05, 3.63) is 184 Å². The number of aromatic nitrogens is 1. The quantitative estimate of drug-likeness (QED) is 0.289. The molecule has 0 aliphatic heterocycles. The highest BCUT2D eigenvalue weighted by Crippen LogP contribution is 2.40. The Kier molecular flexibility index (Phi) is 8.62. The third kappa shape index (κ3) is 6.00. The number of fused-ring (bicyclic) bond motifs is 3. The highest BCUT2D eigenvalue weighted by Gasteiger charge is 2.29. The first kappa shape index (κ1) is 31.2. The molecule has 2 nitrogen and oxygen atoms in total. The molecule has 4 unspecified atom stereocenters. The van der Waals surface area contributed by atoms with Crippen molar-refractivity contribution in [1.29, 1.82) is 0 Å². The monoisotopic (exact) mass is 652 g/mol. The zero-order valence-corrected chi connectivity index (χ0v) is 29.1. The fourth-order valence-corrected chi connectivity index (χ4v) is 9.19. The lowest BCUT2D eigenvalue weighted by Crippen LogP contribution is -2.34. The smallest absolute Gasteiger partial charge is 0.0560 e. The van der Waals surface area contributed by atoms with Crippen LogP contribution >= 0.6 is 0 Å². The summed E-state index contributed by atoms with van der Waals surface area (Å²) in [6.45, 7) is 0. The van der Waals surface area contributed by atoms with Crippen molar-refractivity contribution in [1.82, 2.24) is 9.47 Å². The average Bonchev–Trinajstić information content (AvgIpc) is 3.54. The molecule has 1 heterocycles. The van der Waals surface area contributed by atoms with Crippen LogP contribution < -0.4 is 0 Å². The van der Waals surface area contributed by atoms with Gasteiger partial charge in [-0.25, -0.2) is 0 Å². The third-order valence-electron chi connectivity index (χ3n) is 11.8. The number of allylic oxidation sites excluding steroid dienone is 19. The Balaban J connectivity index is 0.939. The topological polar surface area (TPSA) is 8.17 Å². The van der Waals surface area contributed by atoms with Crippen molar-refractivity contribution in [2.75, 3.05) is 0 Å². The van der Waals surface area contributed by atoms with Gasteiger partial charge < -0.3 is 9.47 Å². The first-order chi connectivity index (χ1) is 24.8. The maximum Gasteiger partial charge on any atom is 0.0560 e. The highest BCUT2D eigenvalue weighted by atomic mass is 15.2. The van der Waals surface area contributed by atoms with E-state index in [9.17, 15) is 0 Å². The maximum atomic E-state index is 2.64. The molecule has 50 heavy (non-hydrogen) atoms. The molecule has 2 heteroatoms. The van der Waals surface area contributed by atoms with E-state index in [1.165, 1.54) is 70.7 Å². The van der Waals surface area contributed by atoms with E-state index < -0.39 is 0 Å². The van der Waals surface area contributed by atoms with E-state index in [-0.39, 0.29) is 0 Å². The summed E-state index contributed by atoms with van der Waals surface area (Å²) < 4.78 is 2.64. The molecule has 0 saturated carbocycles. The Morgan fingerprint density at radius 1 is 0.580 bits per heavy atom.